The van der Waals surface area contributed by atoms with Gasteiger partial charge in [-0.25, -0.2) is 4.79 Å². The van der Waals surface area contributed by atoms with E-state index in [-0.39, 0.29) is 6.61 Å². The van der Waals surface area contributed by atoms with Crippen LogP contribution in [0.15, 0.2) is 48.5 Å². The maximum absolute atomic E-state index is 11.8. The maximum atomic E-state index is 11.8. The number of ether oxygens (including phenoxy) is 1. The molecule has 0 aliphatic carbocycles. The molecule has 0 saturated heterocycles. The predicted molar refractivity (Wildman–Crippen MR) is 72.1 cm³/mol. The molecule has 2 rings (SSSR count). The smallest absolute Gasteiger partial charge is 0.338 e. The molecule has 3 heteroatoms. The first-order valence-electron chi connectivity index (χ1n) is 5.97. The molecule has 0 aromatic heterocycles. The maximum Gasteiger partial charge on any atom is 0.338 e. The van der Waals surface area contributed by atoms with Crippen LogP contribution in [0.4, 0.5) is 0 Å². The van der Waals surface area contributed by atoms with E-state index >= 15 is 0 Å². The lowest BCUT2D eigenvalue weighted by Crippen LogP contribution is -2.05. The van der Waals surface area contributed by atoms with Gasteiger partial charge in [-0.2, -0.15) is 0 Å². The van der Waals surface area contributed by atoms with Crippen LogP contribution in [0, 0.1) is 6.92 Å². The van der Waals surface area contributed by atoms with Gasteiger partial charge in [0.15, 0.2) is 0 Å². The molecule has 0 saturated carbocycles. The highest BCUT2D eigenvalue weighted by molar-refractivity contribution is 5.90. The molecule has 0 aliphatic heterocycles. The van der Waals surface area contributed by atoms with Crippen molar-refractivity contribution in [2.45, 2.75) is 13.5 Å². The molecule has 0 bridgehead atoms. The Hall–Kier alpha value is -2.42. The molecule has 19 heavy (non-hydrogen) atoms. The summed E-state index contributed by atoms with van der Waals surface area (Å²) < 4.78 is 5.20. The van der Waals surface area contributed by atoms with E-state index in [1.807, 2.05) is 31.2 Å². The summed E-state index contributed by atoms with van der Waals surface area (Å²) in [7, 11) is 0. The van der Waals surface area contributed by atoms with Crippen LogP contribution in [0.3, 0.4) is 0 Å². The summed E-state index contributed by atoms with van der Waals surface area (Å²) in [5, 5.41) is 0. The highest BCUT2D eigenvalue weighted by Crippen LogP contribution is 2.08. The van der Waals surface area contributed by atoms with E-state index in [9.17, 15) is 9.59 Å². The van der Waals surface area contributed by atoms with Crippen molar-refractivity contribution < 1.29 is 14.3 Å². The van der Waals surface area contributed by atoms with Crippen molar-refractivity contribution in [2.24, 2.45) is 0 Å². The molecule has 0 N–H and O–H groups in total. The molecule has 0 unspecified atom stereocenters. The number of hydrogen-bond donors (Lipinski definition) is 0. The molecule has 0 spiro atoms. The SMILES string of the molecule is Cc1ccc(COC(=O)c2ccc(C=O)cc2)cc1. The summed E-state index contributed by atoms with van der Waals surface area (Å²) in [6.45, 7) is 2.25. The molecule has 0 aliphatic rings. The zero-order chi connectivity index (χ0) is 13.7. The number of rotatable bonds is 4. The van der Waals surface area contributed by atoms with Crippen molar-refractivity contribution in [3.8, 4) is 0 Å². The van der Waals surface area contributed by atoms with Crippen molar-refractivity contribution in [2.75, 3.05) is 0 Å². The second-order valence-corrected chi connectivity index (χ2v) is 4.30. The van der Waals surface area contributed by atoms with E-state index in [1.165, 1.54) is 5.56 Å². The van der Waals surface area contributed by atoms with E-state index in [4.69, 9.17) is 4.74 Å². The number of carbonyl (C=O) groups excluding carboxylic acids is 2. The molecule has 3 nitrogen and oxygen atoms in total. The number of aryl methyl sites for hydroxylation is 1. The highest BCUT2D eigenvalue weighted by atomic mass is 16.5. The van der Waals surface area contributed by atoms with Crippen molar-refractivity contribution in [1.82, 2.24) is 0 Å². The summed E-state index contributed by atoms with van der Waals surface area (Å²) in [6.07, 6.45) is 0.738. The van der Waals surface area contributed by atoms with Gasteiger partial charge in [-0.05, 0) is 24.6 Å². The third-order valence-corrected chi connectivity index (χ3v) is 2.77. The van der Waals surface area contributed by atoms with Gasteiger partial charge in [-0.15, -0.1) is 0 Å². The van der Waals surface area contributed by atoms with Gasteiger partial charge in [0.05, 0.1) is 5.56 Å². The number of carbonyl (C=O) groups is 2. The fraction of sp³-hybridized carbons (Fsp3) is 0.125. The van der Waals surface area contributed by atoms with E-state index in [0.717, 1.165) is 11.8 Å². The fourth-order valence-corrected chi connectivity index (χ4v) is 1.61. The van der Waals surface area contributed by atoms with Crippen molar-refractivity contribution >= 4 is 12.3 Å². The van der Waals surface area contributed by atoms with Crippen molar-refractivity contribution in [3.05, 3.63) is 70.8 Å². The van der Waals surface area contributed by atoms with Crippen LogP contribution in [0.2, 0.25) is 0 Å². The lowest BCUT2D eigenvalue weighted by atomic mass is 10.1. The monoisotopic (exact) mass is 254 g/mol. The Morgan fingerprint density at radius 2 is 1.68 bits per heavy atom. The minimum absolute atomic E-state index is 0.245. The summed E-state index contributed by atoms with van der Waals surface area (Å²) in [5.74, 6) is -0.391. The van der Waals surface area contributed by atoms with Gasteiger partial charge in [0, 0.05) is 5.56 Å². The third kappa shape index (κ3) is 3.52. The van der Waals surface area contributed by atoms with Crippen LogP contribution in [-0.4, -0.2) is 12.3 Å². The summed E-state index contributed by atoms with van der Waals surface area (Å²) in [6, 6.07) is 14.2. The zero-order valence-corrected chi connectivity index (χ0v) is 10.6. The highest BCUT2D eigenvalue weighted by Gasteiger charge is 2.07. The molecule has 0 fully saturated rings. The Morgan fingerprint density at radius 1 is 1.05 bits per heavy atom. The zero-order valence-electron chi connectivity index (χ0n) is 10.6. The Kier molecular flexibility index (Phi) is 4.08. The molecule has 2 aromatic rings. The summed E-state index contributed by atoms with van der Waals surface area (Å²) in [5.41, 5.74) is 3.09. The van der Waals surface area contributed by atoms with Gasteiger partial charge in [-0.3, -0.25) is 4.79 Å². The van der Waals surface area contributed by atoms with Gasteiger partial charge in [0.2, 0.25) is 0 Å². The van der Waals surface area contributed by atoms with Crippen LogP contribution in [0.5, 0.6) is 0 Å². The van der Waals surface area contributed by atoms with Gasteiger partial charge in [0.25, 0.3) is 0 Å². The Bertz CT molecular complexity index is 568. The fourth-order valence-electron chi connectivity index (χ4n) is 1.61. The molecule has 0 heterocycles. The normalized spacial score (nSPS) is 9.95. The van der Waals surface area contributed by atoms with Crippen molar-refractivity contribution in [3.63, 3.8) is 0 Å². The molecule has 96 valence electrons. The average molecular weight is 254 g/mol. The second-order valence-electron chi connectivity index (χ2n) is 4.30. The van der Waals surface area contributed by atoms with Gasteiger partial charge < -0.3 is 4.74 Å². The van der Waals surface area contributed by atoms with Crippen LogP contribution in [0.1, 0.15) is 31.8 Å². The Labute approximate surface area is 111 Å². The van der Waals surface area contributed by atoms with Gasteiger partial charge in [0.1, 0.15) is 12.9 Å². The Morgan fingerprint density at radius 3 is 2.26 bits per heavy atom. The number of benzene rings is 2. The largest absolute Gasteiger partial charge is 0.457 e. The lowest BCUT2D eigenvalue weighted by molar-refractivity contribution is 0.0472. The standard InChI is InChI=1S/C16H14O3/c1-12-2-4-14(5-3-12)11-19-16(18)15-8-6-13(10-17)7-9-15/h2-10H,11H2,1H3. The lowest BCUT2D eigenvalue weighted by Gasteiger charge is -2.05. The molecule has 0 atom stereocenters. The first-order valence-corrected chi connectivity index (χ1v) is 5.97. The molecular weight excluding hydrogens is 240 g/mol. The van der Waals surface area contributed by atoms with E-state index < -0.39 is 5.97 Å². The first kappa shape index (κ1) is 13.0. The number of aldehydes is 1. The predicted octanol–water partition coefficient (Wildman–Crippen LogP) is 3.16. The van der Waals surface area contributed by atoms with E-state index in [1.54, 1.807) is 24.3 Å². The number of hydrogen-bond acceptors (Lipinski definition) is 3. The van der Waals surface area contributed by atoms with Crippen LogP contribution in [0.25, 0.3) is 0 Å². The molecule has 2 aromatic carbocycles. The summed E-state index contributed by atoms with van der Waals surface area (Å²) >= 11 is 0. The molecule has 0 radical (unpaired) electrons. The van der Waals surface area contributed by atoms with Crippen LogP contribution >= 0.6 is 0 Å². The van der Waals surface area contributed by atoms with E-state index in [2.05, 4.69) is 0 Å². The molecular formula is C16H14O3. The van der Waals surface area contributed by atoms with Gasteiger partial charge >= 0.3 is 5.97 Å². The first-order chi connectivity index (χ1) is 9.19. The molecule has 0 amide bonds. The van der Waals surface area contributed by atoms with Gasteiger partial charge in [-0.1, -0.05) is 42.0 Å². The minimum atomic E-state index is -0.391. The third-order valence-electron chi connectivity index (χ3n) is 2.77. The second kappa shape index (κ2) is 5.96. The topological polar surface area (TPSA) is 43.4 Å². The quantitative estimate of drug-likeness (QED) is 0.621. The van der Waals surface area contributed by atoms with Crippen LogP contribution in [-0.2, 0) is 11.3 Å². The van der Waals surface area contributed by atoms with Crippen LogP contribution < -0.4 is 0 Å². The van der Waals surface area contributed by atoms with Crippen molar-refractivity contribution in [1.29, 1.82) is 0 Å². The number of esters is 1. The summed E-state index contributed by atoms with van der Waals surface area (Å²) in [4.78, 5) is 22.3. The Balaban J connectivity index is 1.96. The minimum Gasteiger partial charge on any atom is -0.457 e. The van der Waals surface area contributed by atoms with E-state index in [0.29, 0.717) is 11.1 Å². The average Bonchev–Trinajstić information content (AvgIpc) is 2.46.